The number of unbranched alkanes of at least 4 members (excludes halogenated alkanes) is 11. The maximum absolute atomic E-state index is 10.3. The molecule has 0 aliphatic carbocycles. The van der Waals surface area contributed by atoms with Crippen molar-refractivity contribution in [1.82, 2.24) is 0 Å². The monoisotopic (exact) mass is 386 g/mol. The van der Waals surface area contributed by atoms with Crippen LogP contribution in [0.1, 0.15) is 125 Å². The number of aliphatic carboxylic acids is 2. The Morgan fingerprint density at radius 1 is 0.667 bits per heavy atom. The molecular formula is C23H46O4. The third-order valence-electron chi connectivity index (χ3n) is 4.56. The van der Waals surface area contributed by atoms with Crippen LogP contribution in [0.15, 0.2) is 0 Å². The lowest BCUT2D eigenvalue weighted by Gasteiger charge is -2.08. The molecule has 0 aliphatic heterocycles. The zero-order chi connectivity index (χ0) is 21.1. The first-order valence-electron chi connectivity index (χ1n) is 11.0. The third-order valence-corrected chi connectivity index (χ3v) is 4.56. The van der Waals surface area contributed by atoms with E-state index in [4.69, 9.17) is 10.2 Å². The lowest BCUT2D eigenvalue weighted by atomic mass is 9.98. The molecule has 0 rings (SSSR count). The second kappa shape index (κ2) is 18.3. The molecule has 0 spiro atoms. The van der Waals surface area contributed by atoms with Crippen LogP contribution in [0.5, 0.6) is 0 Å². The van der Waals surface area contributed by atoms with Gasteiger partial charge in [0.1, 0.15) is 0 Å². The first-order chi connectivity index (χ1) is 12.6. The number of carbonyl (C=O) groups is 2. The quantitative estimate of drug-likeness (QED) is 0.289. The van der Waals surface area contributed by atoms with Gasteiger partial charge in [-0.25, -0.2) is 0 Å². The second-order valence-corrected chi connectivity index (χ2v) is 9.12. The number of rotatable bonds is 15. The van der Waals surface area contributed by atoms with Gasteiger partial charge < -0.3 is 10.2 Å². The Morgan fingerprint density at radius 2 is 0.963 bits per heavy atom. The Morgan fingerprint density at radius 3 is 1.22 bits per heavy atom. The van der Waals surface area contributed by atoms with Crippen LogP contribution in [0.3, 0.4) is 0 Å². The normalized spacial score (nSPS) is 11.2. The smallest absolute Gasteiger partial charge is 0.308 e. The SMILES string of the molecule is CC(C)(C)C(=O)O.CC(C)CCCCCCCCCCCCCCC(=O)O. The van der Waals surface area contributed by atoms with E-state index in [1.54, 1.807) is 20.8 Å². The number of carboxylic acids is 2. The Bertz CT molecular complexity index is 356. The highest BCUT2D eigenvalue weighted by molar-refractivity contribution is 5.72. The average Bonchev–Trinajstić information content (AvgIpc) is 2.54. The highest BCUT2D eigenvalue weighted by Crippen LogP contribution is 2.14. The van der Waals surface area contributed by atoms with Gasteiger partial charge in [0, 0.05) is 6.42 Å². The molecule has 0 amide bonds. The third kappa shape index (κ3) is 27.3. The van der Waals surface area contributed by atoms with Gasteiger partial charge in [-0.1, -0.05) is 90.9 Å². The first kappa shape index (κ1) is 28.2. The Labute approximate surface area is 168 Å². The minimum atomic E-state index is -0.757. The molecule has 0 bridgehead atoms. The Hall–Kier alpha value is -1.06. The molecule has 0 atom stereocenters. The molecule has 0 unspecified atom stereocenters. The molecule has 0 aromatic carbocycles. The van der Waals surface area contributed by atoms with Crippen molar-refractivity contribution in [3.63, 3.8) is 0 Å². The van der Waals surface area contributed by atoms with E-state index < -0.39 is 17.4 Å². The molecule has 4 heteroatoms. The molecule has 0 radical (unpaired) electrons. The highest BCUT2D eigenvalue weighted by atomic mass is 16.4. The van der Waals surface area contributed by atoms with Crippen molar-refractivity contribution in [3.8, 4) is 0 Å². The van der Waals surface area contributed by atoms with Crippen molar-refractivity contribution in [2.45, 2.75) is 125 Å². The molecule has 0 aliphatic rings. The standard InChI is InChI=1S/C18H36O2.C5H10O2/c1-17(2)15-13-11-9-7-5-3-4-6-8-10-12-14-16-18(19)20;1-5(2,3)4(6)7/h17H,3-16H2,1-2H3,(H,19,20);1-3H3,(H,6,7). The van der Waals surface area contributed by atoms with Crippen molar-refractivity contribution in [1.29, 1.82) is 0 Å². The van der Waals surface area contributed by atoms with E-state index >= 15 is 0 Å². The molecule has 0 fully saturated rings. The summed E-state index contributed by atoms with van der Waals surface area (Å²) in [6, 6.07) is 0. The Kier molecular flexibility index (Phi) is 19.1. The van der Waals surface area contributed by atoms with Crippen LogP contribution in [-0.2, 0) is 9.59 Å². The summed E-state index contributed by atoms with van der Waals surface area (Å²) in [6.07, 6.45) is 17.3. The van der Waals surface area contributed by atoms with Crippen LogP contribution >= 0.6 is 0 Å². The van der Waals surface area contributed by atoms with Gasteiger partial charge in [-0.05, 0) is 33.1 Å². The molecule has 27 heavy (non-hydrogen) atoms. The Balaban J connectivity index is 0. The minimum Gasteiger partial charge on any atom is -0.481 e. The predicted octanol–water partition coefficient (Wildman–Crippen LogP) is 7.31. The topological polar surface area (TPSA) is 74.6 Å². The van der Waals surface area contributed by atoms with E-state index in [0.717, 1.165) is 18.8 Å². The minimum absolute atomic E-state index is 0.344. The van der Waals surface area contributed by atoms with Gasteiger partial charge in [0.05, 0.1) is 5.41 Å². The molecule has 0 aromatic heterocycles. The number of hydrogen-bond donors (Lipinski definition) is 2. The van der Waals surface area contributed by atoms with E-state index in [1.807, 2.05) is 0 Å². The molecule has 0 heterocycles. The summed E-state index contributed by atoms with van der Waals surface area (Å²) >= 11 is 0. The van der Waals surface area contributed by atoms with Crippen LogP contribution in [0, 0.1) is 11.3 Å². The van der Waals surface area contributed by atoms with Gasteiger partial charge in [-0.15, -0.1) is 0 Å². The van der Waals surface area contributed by atoms with Gasteiger partial charge in [0.15, 0.2) is 0 Å². The fourth-order valence-corrected chi connectivity index (χ4v) is 2.60. The molecule has 0 saturated heterocycles. The highest BCUT2D eigenvalue weighted by Gasteiger charge is 2.18. The molecule has 0 saturated carbocycles. The van der Waals surface area contributed by atoms with Crippen molar-refractivity contribution in [2.24, 2.45) is 11.3 Å². The van der Waals surface area contributed by atoms with E-state index in [9.17, 15) is 9.59 Å². The lowest BCUT2D eigenvalue weighted by Crippen LogP contribution is -2.18. The van der Waals surface area contributed by atoms with Crippen molar-refractivity contribution < 1.29 is 19.8 Å². The number of hydrogen-bond acceptors (Lipinski definition) is 2. The summed E-state index contributed by atoms with van der Waals surface area (Å²) in [5.41, 5.74) is -0.583. The summed E-state index contributed by atoms with van der Waals surface area (Å²) < 4.78 is 0. The summed E-state index contributed by atoms with van der Waals surface area (Å²) in [4.78, 5) is 20.4. The maximum atomic E-state index is 10.3. The van der Waals surface area contributed by atoms with Crippen LogP contribution in [-0.4, -0.2) is 22.2 Å². The fourth-order valence-electron chi connectivity index (χ4n) is 2.60. The average molecular weight is 387 g/mol. The number of carboxylic acid groups (broad SMARTS) is 2. The van der Waals surface area contributed by atoms with Gasteiger partial charge >= 0.3 is 11.9 Å². The van der Waals surface area contributed by atoms with Crippen molar-refractivity contribution in [3.05, 3.63) is 0 Å². The summed E-state index contributed by atoms with van der Waals surface area (Å²) in [6.45, 7) is 9.60. The van der Waals surface area contributed by atoms with Crippen LogP contribution in [0.2, 0.25) is 0 Å². The van der Waals surface area contributed by atoms with Crippen molar-refractivity contribution in [2.75, 3.05) is 0 Å². The van der Waals surface area contributed by atoms with Gasteiger partial charge in [0.25, 0.3) is 0 Å². The van der Waals surface area contributed by atoms with Crippen molar-refractivity contribution >= 4 is 11.9 Å². The molecular weight excluding hydrogens is 340 g/mol. The van der Waals surface area contributed by atoms with Crippen LogP contribution in [0.25, 0.3) is 0 Å². The summed E-state index contributed by atoms with van der Waals surface area (Å²) in [5, 5.41) is 16.8. The predicted molar refractivity (Wildman–Crippen MR) is 114 cm³/mol. The van der Waals surface area contributed by atoms with E-state index in [1.165, 1.54) is 70.6 Å². The van der Waals surface area contributed by atoms with E-state index in [-0.39, 0.29) is 0 Å². The molecule has 4 nitrogen and oxygen atoms in total. The fraction of sp³-hybridized carbons (Fsp3) is 0.913. The molecule has 2 N–H and O–H groups in total. The van der Waals surface area contributed by atoms with Crippen LogP contribution in [0.4, 0.5) is 0 Å². The second-order valence-electron chi connectivity index (χ2n) is 9.12. The van der Waals surface area contributed by atoms with Crippen LogP contribution < -0.4 is 0 Å². The van der Waals surface area contributed by atoms with Gasteiger partial charge in [-0.2, -0.15) is 0 Å². The van der Waals surface area contributed by atoms with E-state index in [2.05, 4.69) is 13.8 Å². The summed E-state index contributed by atoms with van der Waals surface area (Å²) in [5.74, 6) is -0.545. The lowest BCUT2D eigenvalue weighted by molar-refractivity contribution is -0.145. The maximum Gasteiger partial charge on any atom is 0.308 e. The zero-order valence-corrected chi connectivity index (χ0v) is 18.7. The van der Waals surface area contributed by atoms with Gasteiger partial charge in [-0.3, -0.25) is 9.59 Å². The first-order valence-corrected chi connectivity index (χ1v) is 11.0. The molecule has 162 valence electrons. The summed E-state index contributed by atoms with van der Waals surface area (Å²) in [7, 11) is 0. The molecule has 0 aromatic rings. The van der Waals surface area contributed by atoms with E-state index in [0.29, 0.717) is 6.42 Å². The largest absolute Gasteiger partial charge is 0.481 e. The van der Waals surface area contributed by atoms with Gasteiger partial charge in [0.2, 0.25) is 0 Å². The zero-order valence-electron chi connectivity index (χ0n) is 18.7.